The Labute approximate surface area is 126 Å². The van der Waals surface area contributed by atoms with Gasteiger partial charge in [-0.25, -0.2) is 0 Å². The molecular weight excluding hydrogens is 260 g/mol. The predicted octanol–water partition coefficient (Wildman–Crippen LogP) is 1.86. The number of hydrogen-bond acceptors (Lipinski definition) is 4. The highest BCUT2D eigenvalue weighted by molar-refractivity contribution is 5.46. The lowest BCUT2D eigenvalue weighted by atomic mass is 10.2. The van der Waals surface area contributed by atoms with Crippen LogP contribution in [0.15, 0.2) is 48.7 Å². The summed E-state index contributed by atoms with van der Waals surface area (Å²) >= 11 is 0. The van der Waals surface area contributed by atoms with Crippen molar-refractivity contribution in [2.75, 3.05) is 31.1 Å². The van der Waals surface area contributed by atoms with Crippen LogP contribution < -0.4 is 10.6 Å². The smallest absolute Gasteiger partial charge is 0.0542 e. The third kappa shape index (κ3) is 3.60. The Morgan fingerprint density at radius 2 is 1.76 bits per heavy atom. The van der Waals surface area contributed by atoms with E-state index >= 15 is 0 Å². The Kier molecular flexibility index (Phi) is 4.48. The lowest BCUT2D eigenvalue weighted by Crippen LogP contribution is -2.45. The number of benzene rings is 1. The van der Waals surface area contributed by atoms with Gasteiger partial charge in [0.15, 0.2) is 0 Å². The molecule has 0 bridgehead atoms. The number of piperazine rings is 1. The average molecular weight is 282 g/mol. The molecule has 1 aromatic carbocycles. The average Bonchev–Trinajstić information content (AvgIpc) is 2.56. The van der Waals surface area contributed by atoms with Crippen LogP contribution >= 0.6 is 0 Å². The van der Waals surface area contributed by atoms with Gasteiger partial charge in [-0.2, -0.15) is 0 Å². The highest BCUT2D eigenvalue weighted by Gasteiger charge is 2.17. The third-order valence-corrected chi connectivity index (χ3v) is 3.99. The van der Waals surface area contributed by atoms with E-state index in [0.717, 1.165) is 38.4 Å². The Morgan fingerprint density at radius 3 is 2.48 bits per heavy atom. The van der Waals surface area contributed by atoms with Crippen molar-refractivity contribution in [3.8, 4) is 0 Å². The van der Waals surface area contributed by atoms with E-state index in [1.807, 2.05) is 6.20 Å². The first-order valence-corrected chi connectivity index (χ1v) is 7.51. The molecule has 2 aromatic rings. The van der Waals surface area contributed by atoms with Gasteiger partial charge in [-0.15, -0.1) is 0 Å². The van der Waals surface area contributed by atoms with Crippen molar-refractivity contribution in [2.24, 2.45) is 5.73 Å². The maximum Gasteiger partial charge on any atom is 0.0542 e. The molecule has 0 unspecified atom stereocenters. The monoisotopic (exact) mass is 282 g/mol. The lowest BCUT2D eigenvalue weighted by Gasteiger charge is -2.36. The van der Waals surface area contributed by atoms with Gasteiger partial charge < -0.3 is 10.6 Å². The molecule has 0 atom stereocenters. The van der Waals surface area contributed by atoms with E-state index < -0.39 is 0 Å². The zero-order valence-electron chi connectivity index (χ0n) is 12.3. The molecule has 1 saturated heterocycles. The van der Waals surface area contributed by atoms with Crippen molar-refractivity contribution in [1.82, 2.24) is 9.88 Å². The van der Waals surface area contributed by atoms with Crippen LogP contribution in [0.2, 0.25) is 0 Å². The van der Waals surface area contributed by atoms with E-state index in [4.69, 9.17) is 5.73 Å². The molecule has 21 heavy (non-hydrogen) atoms. The molecule has 0 spiro atoms. The fourth-order valence-electron chi connectivity index (χ4n) is 2.80. The van der Waals surface area contributed by atoms with Crippen LogP contribution in [-0.4, -0.2) is 36.1 Å². The molecule has 2 heterocycles. The number of nitrogens with zero attached hydrogens (tertiary/aromatic N) is 3. The van der Waals surface area contributed by atoms with Gasteiger partial charge in [0.1, 0.15) is 0 Å². The number of para-hydroxylation sites is 1. The molecule has 1 fully saturated rings. The summed E-state index contributed by atoms with van der Waals surface area (Å²) in [5.41, 5.74) is 9.25. The van der Waals surface area contributed by atoms with E-state index in [2.05, 4.69) is 57.2 Å². The largest absolute Gasteiger partial charge is 0.369 e. The summed E-state index contributed by atoms with van der Waals surface area (Å²) in [5.74, 6) is 0. The topological polar surface area (TPSA) is 45.4 Å². The predicted molar refractivity (Wildman–Crippen MR) is 86.1 cm³/mol. The molecule has 0 saturated carbocycles. The molecule has 0 aliphatic carbocycles. The molecule has 4 nitrogen and oxygen atoms in total. The highest BCUT2D eigenvalue weighted by atomic mass is 15.3. The van der Waals surface area contributed by atoms with E-state index in [1.165, 1.54) is 11.3 Å². The number of rotatable bonds is 4. The van der Waals surface area contributed by atoms with E-state index in [0.29, 0.717) is 6.54 Å². The summed E-state index contributed by atoms with van der Waals surface area (Å²) < 4.78 is 0. The standard InChI is InChI=1S/C17H22N4/c18-13-16-12-15(6-7-19-16)14-20-8-10-21(11-9-20)17-4-2-1-3-5-17/h1-7,12H,8-11,13-14,18H2. The van der Waals surface area contributed by atoms with Gasteiger partial charge in [-0.3, -0.25) is 9.88 Å². The SMILES string of the molecule is NCc1cc(CN2CCN(c3ccccc3)CC2)ccn1. The highest BCUT2D eigenvalue weighted by Crippen LogP contribution is 2.16. The van der Waals surface area contributed by atoms with Gasteiger partial charge in [-0.1, -0.05) is 18.2 Å². The Bertz CT molecular complexity index is 562. The van der Waals surface area contributed by atoms with E-state index in [9.17, 15) is 0 Å². The van der Waals surface area contributed by atoms with Crippen molar-refractivity contribution >= 4 is 5.69 Å². The maximum absolute atomic E-state index is 5.65. The fraction of sp³-hybridized carbons (Fsp3) is 0.353. The second-order valence-corrected chi connectivity index (χ2v) is 5.46. The summed E-state index contributed by atoms with van der Waals surface area (Å²) in [7, 11) is 0. The zero-order chi connectivity index (χ0) is 14.5. The molecular formula is C17H22N4. The summed E-state index contributed by atoms with van der Waals surface area (Å²) in [6.45, 7) is 5.84. The van der Waals surface area contributed by atoms with Crippen LogP contribution in [0.5, 0.6) is 0 Å². The van der Waals surface area contributed by atoms with E-state index in [1.54, 1.807) is 0 Å². The van der Waals surface area contributed by atoms with Gasteiger partial charge in [0.05, 0.1) is 5.69 Å². The number of nitrogens with two attached hydrogens (primary N) is 1. The first kappa shape index (κ1) is 14.0. The first-order chi connectivity index (χ1) is 10.3. The number of aromatic nitrogens is 1. The van der Waals surface area contributed by atoms with Gasteiger partial charge >= 0.3 is 0 Å². The van der Waals surface area contributed by atoms with Gasteiger partial charge in [-0.05, 0) is 29.8 Å². The number of pyridine rings is 1. The van der Waals surface area contributed by atoms with Gasteiger partial charge in [0.2, 0.25) is 0 Å². The fourth-order valence-corrected chi connectivity index (χ4v) is 2.80. The maximum atomic E-state index is 5.65. The van der Waals surface area contributed by atoms with Crippen LogP contribution in [0.4, 0.5) is 5.69 Å². The van der Waals surface area contributed by atoms with Crippen LogP contribution in [0, 0.1) is 0 Å². The Balaban J connectivity index is 1.56. The lowest BCUT2D eigenvalue weighted by molar-refractivity contribution is 0.249. The van der Waals surface area contributed by atoms with Gasteiger partial charge in [0.25, 0.3) is 0 Å². The second kappa shape index (κ2) is 6.70. The Morgan fingerprint density at radius 1 is 1.00 bits per heavy atom. The molecule has 0 amide bonds. The summed E-state index contributed by atoms with van der Waals surface area (Å²) in [5, 5.41) is 0. The summed E-state index contributed by atoms with van der Waals surface area (Å²) in [4.78, 5) is 9.20. The minimum atomic E-state index is 0.510. The summed E-state index contributed by atoms with van der Waals surface area (Å²) in [6, 6.07) is 14.8. The van der Waals surface area contributed by atoms with E-state index in [-0.39, 0.29) is 0 Å². The minimum Gasteiger partial charge on any atom is -0.369 e. The van der Waals surface area contributed by atoms with Crippen molar-refractivity contribution in [1.29, 1.82) is 0 Å². The normalized spacial score (nSPS) is 16.1. The van der Waals surface area contributed by atoms with Gasteiger partial charge in [0, 0.05) is 51.2 Å². The quantitative estimate of drug-likeness (QED) is 0.930. The molecule has 1 aromatic heterocycles. The van der Waals surface area contributed by atoms with Crippen molar-refractivity contribution in [3.05, 3.63) is 59.9 Å². The van der Waals surface area contributed by atoms with Crippen LogP contribution in [0.3, 0.4) is 0 Å². The molecule has 3 rings (SSSR count). The first-order valence-electron chi connectivity index (χ1n) is 7.51. The molecule has 0 radical (unpaired) electrons. The van der Waals surface area contributed by atoms with Crippen LogP contribution in [0.25, 0.3) is 0 Å². The van der Waals surface area contributed by atoms with Crippen molar-refractivity contribution in [3.63, 3.8) is 0 Å². The molecule has 2 N–H and O–H groups in total. The molecule has 4 heteroatoms. The summed E-state index contributed by atoms with van der Waals surface area (Å²) in [6.07, 6.45) is 1.86. The zero-order valence-corrected chi connectivity index (χ0v) is 12.3. The Hall–Kier alpha value is -1.91. The molecule has 110 valence electrons. The van der Waals surface area contributed by atoms with Crippen molar-refractivity contribution < 1.29 is 0 Å². The number of hydrogen-bond donors (Lipinski definition) is 1. The number of anilines is 1. The second-order valence-electron chi connectivity index (χ2n) is 5.46. The van der Waals surface area contributed by atoms with Crippen LogP contribution in [-0.2, 0) is 13.1 Å². The molecule has 1 aliphatic rings. The third-order valence-electron chi connectivity index (χ3n) is 3.99. The van der Waals surface area contributed by atoms with Crippen LogP contribution in [0.1, 0.15) is 11.3 Å². The molecule has 1 aliphatic heterocycles. The minimum absolute atomic E-state index is 0.510. The van der Waals surface area contributed by atoms with Crippen molar-refractivity contribution in [2.45, 2.75) is 13.1 Å².